The molecule has 0 bridgehead atoms. The molecule has 1 aliphatic rings. The molecule has 0 aromatic rings. The Kier molecular flexibility index (Phi) is 5.29. The summed E-state index contributed by atoms with van der Waals surface area (Å²) in [6.45, 7) is 2.17. The molecule has 1 fully saturated rings. The predicted molar refractivity (Wildman–Crippen MR) is 59.0 cm³/mol. The lowest BCUT2D eigenvalue weighted by Crippen LogP contribution is -2.24. The van der Waals surface area contributed by atoms with Gasteiger partial charge in [-0.2, -0.15) is 0 Å². The maximum Gasteiger partial charge on any atom is 0.306 e. The first-order chi connectivity index (χ1) is 7.58. The van der Waals surface area contributed by atoms with Gasteiger partial charge in [0.05, 0.1) is 0 Å². The molecule has 0 heterocycles. The smallest absolute Gasteiger partial charge is 0.306 e. The lowest BCUT2D eigenvalue weighted by Gasteiger charge is -2.26. The van der Waals surface area contributed by atoms with Crippen molar-refractivity contribution in [3.63, 3.8) is 0 Å². The van der Waals surface area contributed by atoms with Crippen LogP contribution in [0.2, 0.25) is 0 Å². The van der Waals surface area contributed by atoms with Crippen molar-refractivity contribution in [2.75, 3.05) is 0 Å². The van der Waals surface area contributed by atoms with Crippen LogP contribution in [0.25, 0.3) is 0 Å². The SMILES string of the molecule is C[C@@H]1CCC[C@H](OC(=O)CCCC(=O)O)C1. The van der Waals surface area contributed by atoms with E-state index in [1.807, 2.05) is 0 Å². The third-order valence-corrected chi connectivity index (χ3v) is 2.96. The fraction of sp³-hybridized carbons (Fsp3) is 0.833. The Hall–Kier alpha value is -1.06. The predicted octanol–water partition coefficient (Wildman–Crippen LogP) is 2.36. The topological polar surface area (TPSA) is 63.6 Å². The van der Waals surface area contributed by atoms with Gasteiger partial charge in [-0.1, -0.05) is 13.3 Å². The fourth-order valence-electron chi connectivity index (χ4n) is 2.11. The average Bonchev–Trinajstić information content (AvgIpc) is 2.16. The van der Waals surface area contributed by atoms with E-state index in [2.05, 4.69) is 6.92 Å². The minimum atomic E-state index is -0.862. The number of ether oxygens (including phenoxy) is 1. The van der Waals surface area contributed by atoms with Crippen molar-refractivity contribution >= 4 is 11.9 Å². The highest BCUT2D eigenvalue weighted by Crippen LogP contribution is 2.26. The van der Waals surface area contributed by atoms with E-state index in [0.717, 1.165) is 19.3 Å². The van der Waals surface area contributed by atoms with Gasteiger partial charge in [0.25, 0.3) is 0 Å². The van der Waals surface area contributed by atoms with Crippen molar-refractivity contribution in [1.29, 1.82) is 0 Å². The number of rotatable bonds is 5. The molecule has 4 nitrogen and oxygen atoms in total. The van der Waals surface area contributed by atoms with E-state index in [-0.39, 0.29) is 24.9 Å². The number of carbonyl (C=O) groups excluding carboxylic acids is 1. The van der Waals surface area contributed by atoms with Crippen molar-refractivity contribution in [1.82, 2.24) is 0 Å². The van der Waals surface area contributed by atoms with Gasteiger partial charge in [-0.3, -0.25) is 9.59 Å². The molecule has 1 N–H and O–H groups in total. The third kappa shape index (κ3) is 5.14. The first-order valence-electron chi connectivity index (χ1n) is 5.99. The molecule has 92 valence electrons. The molecule has 0 unspecified atom stereocenters. The largest absolute Gasteiger partial charge is 0.481 e. The molecule has 4 heteroatoms. The van der Waals surface area contributed by atoms with E-state index in [9.17, 15) is 9.59 Å². The minimum absolute atomic E-state index is 0.0379. The van der Waals surface area contributed by atoms with Crippen molar-refractivity contribution in [3.8, 4) is 0 Å². The van der Waals surface area contributed by atoms with Crippen molar-refractivity contribution in [2.24, 2.45) is 5.92 Å². The summed E-state index contributed by atoms with van der Waals surface area (Å²) < 4.78 is 5.31. The van der Waals surface area contributed by atoms with E-state index < -0.39 is 5.97 Å². The summed E-state index contributed by atoms with van der Waals surface area (Å²) in [5.74, 6) is -0.481. The maximum absolute atomic E-state index is 11.4. The van der Waals surface area contributed by atoms with E-state index in [0.29, 0.717) is 12.3 Å². The lowest BCUT2D eigenvalue weighted by atomic mass is 9.89. The van der Waals surface area contributed by atoms with Gasteiger partial charge in [-0.25, -0.2) is 0 Å². The number of esters is 1. The van der Waals surface area contributed by atoms with Gasteiger partial charge in [0, 0.05) is 12.8 Å². The van der Waals surface area contributed by atoms with Crippen molar-refractivity contribution in [2.45, 2.75) is 58.0 Å². The van der Waals surface area contributed by atoms with Crippen LogP contribution in [0, 0.1) is 5.92 Å². The van der Waals surface area contributed by atoms with Crippen LogP contribution in [-0.2, 0) is 14.3 Å². The molecule has 1 rings (SSSR count). The first kappa shape index (κ1) is 13.0. The number of hydrogen-bond donors (Lipinski definition) is 1. The molecule has 2 atom stereocenters. The zero-order valence-corrected chi connectivity index (χ0v) is 9.78. The molecule has 0 aromatic carbocycles. The quantitative estimate of drug-likeness (QED) is 0.734. The van der Waals surface area contributed by atoms with Crippen LogP contribution in [-0.4, -0.2) is 23.1 Å². The highest BCUT2D eigenvalue weighted by Gasteiger charge is 2.21. The highest BCUT2D eigenvalue weighted by molar-refractivity contribution is 5.71. The summed E-state index contributed by atoms with van der Waals surface area (Å²) in [5.41, 5.74) is 0. The van der Waals surface area contributed by atoms with Crippen LogP contribution in [0.5, 0.6) is 0 Å². The van der Waals surface area contributed by atoms with Crippen LogP contribution in [0.3, 0.4) is 0 Å². The number of carboxylic acids is 1. The van der Waals surface area contributed by atoms with Gasteiger partial charge in [-0.15, -0.1) is 0 Å². The van der Waals surface area contributed by atoms with Crippen LogP contribution in [0.1, 0.15) is 51.9 Å². The van der Waals surface area contributed by atoms with Crippen LogP contribution >= 0.6 is 0 Å². The molecule has 0 radical (unpaired) electrons. The van der Waals surface area contributed by atoms with Gasteiger partial charge in [0.1, 0.15) is 6.10 Å². The van der Waals surface area contributed by atoms with E-state index in [1.165, 1.54) is 6.42 Å². The van der Waals surface area contributed by atoms with Crippen LogP contribution in [0.15, 0.2) is 0 Å². The Labute approximate surface area is 96.0 Å². The third-order valence-electron chi connectivity index (χ3n) is 2.96. The first-order valence-corrected chi connectivity index (χ1v) is 5.99. The number of aliphatic carboxylic acids is 1. The zero-order chi connectivity index (χ0) is 12.0. The Balaban J connectivity index is 2.15. The Bertz CT molecular complexity index is 249. The highest BCUT2D eigenvalue weighted by atomic mass is 16.5. The molecular weight excluding hydrogens is 208 g/mol. The Morgan fingerprint density at radius 2 is 2.06 bits per heavy atom. The number of hydrogen-bond acceptors (Lipinski definition) is 3. The summed E-state index contributed by atoms with van der Waals surface area (Å²) in [5, 5.41) is 8.43. The molecule has 0 aromatic heterocycles. The van der Waals surface area contributed by atoms with E-state index in [4.69, 9.17) is 9.84 Å². The molecule has 1 aliphatic carbocycles. The molecule has 0 saturated heterocycles. The summed E-state index contributed by atoms with van der Waals surface area (Å²) in [7, 11) is 0. The average molecular weight is 228 g/mol. The molecule has 16 heavy (non-hydrogen) atoms. The standard InChI is InChI=1S/C12H20O4/c1-9-4-2-5-10(8-9)16-12(15)7-3-6-11(13)14/h9-10H,2-8H2,1H3,(H,13,14)/t9-,10+/m1/s1. The summed E-state index contributed by atoms with van der Waals surface area (Å²) in [6.07, 6.45) is 4.92. The summed E-state index contributed by atoms with van der Waals surface area (Å²) in [4.78, 5) is 21.6. The van der Waals surface area contributed by atoms with Gasteiger partial charge in [0.2, 0.25) is 0 Å². The number of carbonyl (C=O) groups is 2. The van der Waals surface area contributed by atoms with Gasteiger partial charge < -0.3 is 9.84 Å². The van der Waals surface area contributed by atoms with Crippen LogP contribution < -0.4 is 0 Å². The van der Waals surface area contributed by atoms with E-state index >= 15 is 0 Å². The van der Waals surface area contributed by atoms with Crippen molar-refractivity contribution < 1.29 is 19.4 Å². The van der Waals surface area contributed by atoms with Crippen molar-refractivity contribution in [3.05, 3.63) is 0 Å². The summed E-state index contributed by atoms with van der Waals surface area (Å²) in [6, 6.07) is 0. The Morgan fingerprint density at radius 1 is 1.31 bits per heavy atom. The van der Waals surface area contributed by atoms with Crippen LogP contribution in [0.4, 0.5) is 0 Å². The molecule has 0 spiro atoms. The molecule has 0 amide bonds. The normalized spacial score (nSPS) is 25.1. The maximum atomic E-state index is 11.4. The number of carboxylic acid groups (broad SMARTS) is 1. The van der Waals surface area contributed by atoms with Gasteiger partial charge in [0.15, 0.2) is 0 Å². The van der Waals surface area contributed by atoms with Gasteiger partial charge in [-0.05, 0) is 31.6 Å². The second-order valence-electron chi connectivity index (χ2n) is 4.63. The molecular formula is C12H20O4. The second-order valence-corrected chi connectivity index (χ2v) is 4.63. The summed E-state index contributed by atoms with van der Waals surface area (Å²) >= 11 is 0. The van der Waals surface area contributed by atoms with E-state index in [1.54, 1.807) is 0 Å². The fourth-order valence-corrected chi connectivity index (χ4v) is 2.11. The monoisotopic (exact) mass is 228 g/mol. The molecule has 0 aliphatic heterocycles. The molecule has 1 saturated carbocycles. The second kappa shape index (κ2) is 6.51. The Morgan fingerprint density at radius 3 is 2.69 bits per heavy atom. The zero-order valence-electron chi connectivity index (χ0n) is 9.78. The minimum Gasteiger partial charge on any atom is -0.481 e. The lowest BCUT2D eigenvalue weighted by molar-refractivity contribution is -0.151. The van der Waals surface area contributed by atoms with Gasteiger partial charge >= 0.3 is 11.9 Å².